The Bertz CT molecular complexity index is 423. The van der Waals surface area contributed by atoms with Gasteiger partial charge in [-0.05, 0) is 27.0 Å². The topological polar surface area (TPSA) is 35.9 Å². The molecule has 1 aromatic carbocycles. The maximum atomic E-state index is 10.2. The molecule has 1 aromatic rings. The molecule has 0 amide bonds. The van der Waals surface area contributed by atoms with Crippen molar-refractivity contribution in [2.45, 2.75) is 26.4 Å². The second-order valence-electron chi connectivity index (χ2n) is 5.28. The molecule has 1 aliphatic heterocycles. The van der Waals surface area contributed by atoms with Crippen LogP contribution < -0.4 is 4.74 Å². The molecule has 19 heavy (non-hydrogen) atoms. The van der Waals surface area contributed by atoms with Gasteiger partial charge in [0.1, 0.15) is 0 Å². The van der Waals surface area contributed by atoms with Gasteiger partial charge in [-0.15, -0.1) is 0 Å². The molecule has 2 rings (SSSR count). The summed E-state index contributed by atoms with van der Waals surface area (Å²) in [6.07, 6.45) is 0. The zero-order chi connectivity index (χ0) is 13.8. The van der Waals surface area contributed by atoms with Crippen LogP contribution in [0, 0.1) is 0 Å². The van der Waals surface area contributed by atoms with E-state index in [-0.39, 0.29) is 5.75 Å². The molecule has 1 fully saturated rings. The molecule has 1 aliphatic rings. The fourth-order valence-corrected chi connectivity index (χ4v) is 2.60. The summed E-state index contributed by atoms with van der Waals surface area (Å²) in [6.45, 7) is 8.70. The Morgan fingerprint density at radius 3 is 2.84 bits per heavy atom. The van der Waals surface area contributed by atoms with Crippen LogP contribution in [-0.4, -0.2) is 54.2 Å². The van der Waals surface area contributed by atoms with Gasteiger partial charge in [-0.2, -0.15) is 0 Å². The molecule has 0 spiro atoms. The number of hydrogen-bond acceptors (Lipinski definition) is 4. The summed E-state index contributed by atoms with van der Waals surface area (Å²) in [5.74, 6) is 0.872. The average molecular weight is 264 g/mol. The number of likely N-dealkylation sites (N-methyl/N-ethyl adjacent to an activating group) is 1. The number of phenolic OH excluding ortho intramolecular Hbond substituents is 1. The van der Waals surface area contributed by atoms with Gasteiger partial charge < -0.3 is 14.7 Å². The Morgan fingerprint density at radius 1 is 1.37 bits per heavy atom. The Balaban J connectivity index is 2.08. The van der Waals surface area contributed by atoms with Crippen LogP contribution in [0.3, 0.4) is 0 Å². The Morgan fingerprint density at radius 2 is 2.16 bits per heavy atom. The van der Waals surface area contributed by atoms with Crippen LogP contribution in [0.25, 0.3) is 0 Å². The van der Waals surface area contributed by atoms with E-state index in [0.29, 0.717) is 18.4 Å². The molecule has 4 heteroatoms. The van der Waals surface area contributed by atoms with E-state index in [9.17, 15) is 5.11 Å². The third-order valence-electron chi connectivity index (χ3n) is 3.72. The summed E-state index contributed by atoms with van der Waals surface area (Å²) in [5, 5.41) is 10.2. The SMILES string of the molecule is CCOc1cccc(CN2CCN(C)CC2C)c1O. The lowest BCUT2D eigenvalue weighted by Gasteiger charge is -2.38. The summed E-state index contributed by atoms with van der Waals surface area (Å²) < 4.78 is 5.43. The monoisotopic (exact) mass is 264 g/mol. The van der Waals surface area contributed by atoms with Crippen LogP contribution in [-0.2, 0) is 6.54 Å². The van der Waals surface area contributed by atoms with E-state index in [2.05, 4.69) is 23.8 Å². The van der Waals surface area contributed by atoms with Crippen molar-refractivity contribution >= 4 is 0 Å². The van der Waals surface area contributed by atoms with Gasteiger partial charge in [0.25, 0.3) is 0 Å². The van der Waals surface area contributed by atoms with Gasteiger partial charge in [0, 0.05) is 37.8 Å². The molecule has 1 saturated heterocycles. The number of benzene rings is 1. The minimum Gasteiger partial charge on any atom is -0.504 e. The second-order valence-corrected chi connectivity index (χ2v) is 5.28. The fourth-order valence-electron chi connectivity index (χ4n) is 2.60. The van der Waals surface area contributed by atoms with Crippen molar-refractivity contribution in [2.75, 3.05) is 33.3 Å². The molecule has 0 aliphatic carbocycles. The van der Waals surface area contributed by atoms with E-state index in [4.69, 9.17) is 4.74 Å². The van der Waals surface area contributed by atoms with E-state index in [0.717, 1.165) is 31.7 Å². The highest BCUT2D eigenvalue weighted by atomic mass is 16.5. The number of phenols is 1. The molecule has 1 N–H and O–H groups in total. The molecule has 106 valence electrons. The fraction of sp³-hybridized carbons (Fsp3) is 0.600. The summed E-state index contributed by atoms with van der Waals surface area (Å²) in [5.41, 5.74) is 0.947. The first kappa shape index (κ1) is 14.2. The number of aromatic hydroxyl groups is 1. The van der Waals surface area contributed by atoms with Gasteiger partial charge >= 0.3 is 0 Å². The van der Waals surface area contributed by atoms with Crippen molar-refractivity contribution in [3.05, 3.63) is 23.8 Å². The third kappa shape index (κ3) is 3.39. The van der Waals surface area contributed by atoms with Crippen molar-refractivity contribution in [3.63, 3.8) is 0 Å². The van der Waals surface area contributed by atoms with E-state index in [1.807, 2.05) is 25.1 Å². The first-order valence-corrected chi connectivity index (χ1v) is 6.98. The molecule has 4 nitrogen and oxygen atoms in total. The Hall–Kier alpha value is -1.26. The Labute approximate surface area is 115 Å². The lowest BCUT2D eigenvalue weighted by atomic mass is 10.1. The first-order chi connectivity index (χ1) is 9.11. The van der Waals surface area contributed by atoms with Crippen LogP contribution in [0.15, 0.2) is 18.2 Å². The van der Waals surface area contributed by atoms with Gasteiger partial charge in [0.2, 0.25) is 0 Å². The van der Waals surface area contributed by atoms with Gasteiger partial charge in [-0.3, -0.25) is 4.90 Å². The van der Waals surface area contributed by atoms with E-state index >= 15 is 0 Å². The molecule has 1 unspecified atom stereocenters. The highest BCUT2D eigenvalue weighted by molar-refractivity contribution is 5.45. The molecule has 1 atom stereocenters. The normalized spacial score (nSPS) is 21.5. The van der Waals surface area contributed by atoms with Crippen molar-refractivity contribution in [3.8, 4) is 11.5 Å². The Kier molecular flexibility index (Phi) is 4.66. The molecule has 0 saturated carbocycles. The van der Waals surface area contributed by atoms with E-state index in [1.54, 1.807) is 0 Å². The predicted molar refractivity (Wildman–Crippen MR) is 76.6 cm³/mol. The number of ether oxygens (including phenoxy) is 1. The van der Waals surface area contributed by atoms with Crippen LogP contribution in [0.1, 0.15) is 19.4 Å². The van der Waals surface area contributed by atoms with Gasteiger partial charge in [-0.25, -0.2) is 0 Å². The summed E-state index contributed by atoms with van der Waals surface area (Å²) in [6, 6.07) is 6.24. The highest BCUT2D eigenvalue weighted by Crippen LogP contribution is 2.31. The van der Waals surface area contributed by atoms with E-state index in [1.165, 1.54) is 0 Å². The van der Waals surface area contributed by atoms with Crippen molar-refractivity contribution < 1.29 is 9.84 Å². The van der Waals surface area contributed by atoms with Crippen molar-refractivity contribution in [2.24, 2.45) is 0 Å². The summed E-state index contributed by atoms with van der Waals surface area (Å²) in [7, 11) is 2.15. The zero-order valence-electron chi connectivity index (χ0n) is 12.1. The number of rotatable bonds is 4. The molecular weight excluding hydrogens is 240 g/mol. The van der Waals surface area contributed by atoms with Crippen LogP contribution in [0.2, 0.25) is 0 Å². The molecular formula is C15H24N2O2. The van der Waals surface area contributed by atoms with Gasteiger partial charge in [-0.1, -0.05) is 12.1 Å². The van der Waals surface area contributed by atoms with E-state index < -0.39 is 0 Å². The number of nitrogens with zero attached hydrogens (tertiary/aromatic N) is 2. The number of para-hydroxylation sites is 1. The number of piperazine rings is 1. The lowest BCUT2D eigenvalue weighted by molar-refractivity contribution is 0.0930. The average Bonchev–Trinajstić information content (AvgIpc) is 2.37. The largest absolute Gasteiger partial charge is 0.504 e. The molecule has 0 radical (unpaired) electrons. The molecule has 0 bridgehead atoms. The van der Waals surface area contributed by atoms with Crippen LogP contribution >= 0.6 is 0 Å². The summed E-state index contributed by atoms with van der Waals surface area (Å²) in [4.78, 5) is 4.75. The molecule has 1 heterocycles. The summed E-state index contributed by atoms with van der Waals surface area (Å²) >= 11 is 0. The lowest BCUT2D eigenvalue weighted by Crippen LogP contribution is -2.49. The zero-order valence-corrected chi connectivity index (χ0v) is 12.1. The van der Waals surface area contributed by atoms with Crippen molar-refractivity contribution in [1.82, 2.24) is 9.80 Å². The smallest absolute Gasteiger partial charge is 0.162 e. The minimum atomic E-state index is 0.287. The van der Waals surface area contributed by atoms with Crippen molar-refractivity contribution in [1.29, 1.82) is 0 Å². The maximum absolute atomic E-state index is 10.2. The highest BCUT2D eigenvalue weighted by Gasteiger charge is 2.22. The number of hydrogen-bond donors (Lipinski definition) is 1. The maximum Gasteiger partial charge on any atom is 0.162 e. The predicted octanol–water partition coefficient (Wildman–Crippen LogP) is 1.93. The third-order valence-corrected chi connectivity index (χ3v) is 3.72. The second kappa shape index (κ2) is 6.26. The standard InChI is InChI=1S/C15H24N2O2/c1-4-19-14-7-5-6-13(15(14)18)11-17-9-8-16(3)10-12(17)2/h5-7,12,18H,4,8-11H2,1-3H3. The van der Waals surface area contributed by atoms with Gasteiger partial charge in [0.15, 0.2) is 11.5 Å². The molecule has 0 aromatic heterocycles. The minimum absolute atomic E-state index is 0.287. The van der Waals surface area contributed by atoms with Crippen LogP contribution in [0.4, 0.5) is 0 Å². The first-order valence-electron chi connectivity index (χ1n) is 6.98. The van der Waals surface area contributed by atoms with Gasteiger partial charge in [0.05, 0.1) is 6.61 Å². The quantitative estimate of drug-likeness (QED) is 0.901. The van der Waals surface area contributed by atoms with Crippen LogP contribution in [0.5, 0.6) is 11.5 Å².